The van der Waals surface area contributed by atoms with E-state index < -0.39 is 0 Å². The van der Waals surface area contributed by atoms with E-state index in [4.69, 9.17) is 9.47 Å². The summed E-state index contributed by atoms with van der Waals surface area (Å²) in [6, 6.07) is 14.2. The quantitative estimate of drug-likeness (QED) is 0.231. The molecule has 5 heteroatoms. The third kappa shape index (κ3) is 9.01. The van der Waals surface area contributed by atoms with Crippen LogP contribution in [0, 0.1) is 17.7 Å². The van der Waals surface area contributed by atoms with Crippen LogP contribution in [0.1, 0.15) is 61.0 Å². The Bertz CT molecular complexity index is 830. The van der Waals surface area contributed by atoms with Gasteiger partial charge in [0.2, 0.25) is 0 Å². The third-order valence-electron chi connectivity index (χ3n) is 5.27. The molecule has 0 amide bonds. The van der Waals surface area contributed by atoms with Crippen LogP contribution in [0.2, 0.25) is 0 Å². The molecule has 31 heavy (non-hydrogen) atoms. The Hall–Kier alpha value is -2.53. The molecule has 2 aromatic rings. The highest BCUT2D eigenvalue weighted by Crippen LogP contribution is 2.19. The zero-order chi connectivity index (χ0) is 22.6. The number of hydrogen-bond donors (Lipinski definition) is 0. The molecule has 0 bridgehead atoms. The number of ketones is 1. The Morgan fingerprint density at radius 1 is 1.00 bits per heavy atom. The smallest absolute Gasteiger partial charge is 0.305 e. The van der Waals surface area contributed by atoms with Gasteiger partial charge in [-0.05, 0) is 48.4 Å². The summed E-state index contributed by atoms with van der Waals surface area (Å²) in [5, 5.41) is 0. The van der Waals surface area contributed by atoms with Gasteiger partial charge in [-0.25, -0.2) is 4.39 Å². The van der Waals surface area contributed by atoms with Crippen LogP contribution < -0.4 is 0 Å². The molecular formula is C26H33FO4. The second-order valence-electron chi connectivity index (χ2n) is 8.25. The van der Waals surface area contributed by atoms with Gasteiger partial charge in [-0.3, -0.25) is 9.59 Å². The van der Waals surface area contributed by atoms with Crippen LogP contribution in [0.15, 0.2) is 48.5 Å². The van der Waals surface area contributed by atoms with Crippen molar-refractivity contribution >= 4 is 11.8 Å². The molecule has 0 N–H and O–H groups in total. The van der Waals surface area contributed by atoms with E-state index in [1.165, 1.54) is 19.2 Å². The number of Topliss-reactive ketones (excluding diaryl/α,β-unsaturated/α-hetero) is 1. The minimum Gasteiger partial charge on any atom is -0.469 e. The molecule has 2 rings (SSSR count). The zero-order valence-corrected chi connectivity index (χ0v) is 18.7. The average Bonchev–Trinajstić information content (AvgIpc) is 2.76. The van der Waals surface area contributed by atoms with E-state index >= 15 is 0 Å². The molecule has 2 aromatic carbocycles. The van der Waals surface area contributed by atoms with Gasteiger partial charge in [-0.1, -0.05) is 56.7 Å². The molecular weight excluding hydrogens is 395 g/mol. The van der Waals surface area contributed by atoms with Crippen LogP contribution in [0.4, 0.5) is 4.39 Å². The molecule has 0 aliphatic rings. The lowest BCUT2D eigenvalue weighted by atomic mass is 9.93. The number of hydrogen-bond acceptors (Lipinski definition) is 4. The number of benzene rings is 2. The van der Waals surface area contributed by atoms with Gasteiger partial charge >= 0.3 is 5.97 Å². The van der Waals surface area contributed by atoms with Gasteiger partial charge in [-0.2, -0.15) is 0 Å². The van der Waals surface area contributed by atoms with E-state index in [0.717, 1.165) is 42.4 Å². The summed E-state index contributed by atoms with van der Waals surface area (Å²) < 4.78 is 24.0. The lowest BCUT2D eigenvalue weighted by Gasteiger charge is -2.18. The number of unbranched alkanes of at least 4 members (excludes halogenated alkanes) is 1. The van der Waals surface area contributed by atoms with Gasteiger partial charge < -0.3 is 9.47 Å². The van der Waals surface area contributed by atoms with Crippen molar-refractivity contribution in [1.29, 1.82) is 0 Å². The number of rotatable bonds is 13. The summed E-state index contributed by atoms with van der Waals surface area (Å²) >= 11 is 0. The highest BCUT2D eigenvalue weighted by atomic mass is 19.1. The molecule has 4 nitrogen and oxygen atoms in total. The van der Waals surface area contributed by atoms with Crippen molar-refractivity contribution in [3.8, 4) is 0 Å². The van der Waals surface area contributed by atoms with Gasteiger partial charge in [0, 0.05) is 17.9 Å². The van der Waals surface area contributed by atoms with Crippen LogP contribution in [-0.2, 0) is 27.3 Å². The van der Waals surface area contributed by atoms with Gasteiger partial charge in [-0.15, -0.1) is 0 Å². The number of ether oxygens (including phenoxy) is 2. The Labute approximate surface area is 184 Å². The van der Waals surface area contributed by atoms with Crippen molar-refractivity contribution in [3.63, 3.8) is 0 Å². The minimum atomic E-state index is -0.267. The molecule has 0 spiro atoms. The fourth-order valence-electron chi connectivity index (χ4n) is 3.49. The van der Waals surface area contributed by atoms with Crippen LogP contribution in [0.25, 0.3) is 0 Å². The van der Waals surface area contributed by atoms with E-state index in [-0.39, 0.29) is 29.4 Å². The SMILES string of the molecule is COC(=O)CCCCC(COCc1cccc(F)c1)Cc1ccc(C(=O)C(C)C)cc1. The Morgan fingerprint density at radius 2 is 1.74 bits per heavy atom. The predicted octanol–water partition coefficient (Wildman–Crippen LogP) is 5.77. The topological polar surface area (TPSA) is 52.6 Å². The van der Waals surface area contributed by atoms with Crippen molar-refractivity contribution in [2.24, 2.45) is 11.8 Å². The summed E-state index contributed by atoms with van der Waals surface area (Å²) in [5.41, 5.74) is 2.68. The highest BCUT2D eigenvalue weighted by Gasteiger charge is 2.14. The Morgan fingerprint density at radius 3 is 2.39 bits per heavy atom. The average molecular weight is 429 g/mol. The maximum Gasteiger partial charge on any atom is 0.305 e. The number of carbonyl (C=O) groups excluding carboxylic acids is 2. The zero-order valence-electron chi connectivity index (χ0n) is 18.7. The van der Waals surface area contributed by atoms with Crippen LogP contribution in [0.3, 0.4) is 0 Å². The van der Waals surface area contributed by atoms with Gasteiger partial charge in [0.15, 0.2) is 5.78 Å². The lowest BCUT2D eigenvalue weighted by molar-refractivity contribution is -0.140. The molecule has 0 fully saturated rings. The van der Waals surface area contributed by atoms with Crippen molar-refractivity contribution in [2.75, 3.05) is 13.7 Å². The Kier molecular flexibility index (Phi) is 10.4. The van der Waals surface area contributed by atoms with Crippen LogP contribution in [-0.4, -0.2) is 25.5 Å². The minimum absolute atomic E-state index is 0.0235. The molecule has 1 atom stereocenters. The molecule has 0 heterocycles. The van der Waals surface area contributed by atoms with Gasteiger partial charge in [0.1, 0.15) is 5.82 Å². The van der Waals surface area contributed by atoms with Crippen molar-refractivity contribution in [1.82, 2.24) is 0 Å². The summed E-state index contributed by atoms with van der Waals surface area (Å²) in [4.78, 5) is 23.5. The van der Waals surface area contributed by atoms with Gasteiger partial charge in [0.25, 0.3) is 0 Å². The monoisotopic (exact) mass is 428 g/mol. The highest BCUT2D eigenvalue weighted by molar-refractivity contribution is 5.97. The molecule has 0 aliphatic carbocycles. The van der Waals surface area contributed by atoms with Crippen LogP contribution in [0.5, 0.6) is 0 Å². The molecule has 1 unspecified atom stereocenters. The number of esters is 1. The van der Waals surface area contributed by atoms with Crippen molar-refractivity contribution in [3.05, 3.63) is 71.0 Å². The summed E-state index contributed by atoms with van der Waals surface area (Å²) in [6.07, 6.45) is 3.81. The van der Waals surface area contributed by atoms with E-state index in [1.54, 1.807) is 6.07 Å². The fraction of sp³-hybridized carbons (Fsp3) is 0.462. The second kappa shape index (κ2) is 13.0. The second-order valence-corrected chi connectivity index (χ2v) is 8.25. The maximum atomic E-state index is 13.4. The fourth-order valence-corrected chi connectivity index (χ4v) is 3.49. The molecule has 0 aromatic heterocycles. The first-order valence-corrected chi connectivity index (χ1v) is 10.9. The van der Waals surface area contributed by atoms with Gasteiger partial charge in [0.05, 0.1) is 20.3 Å². The Balaban J connectivity index is 1.93. The predicted molar refractivity (Wildman–Crippen MR) is 119 cm³/mol. The molecule has 0 radical (unpaired) electrons. The molecule has 0 saturated heterocycles. The standard InChI is InChI=1S/C26H33FO4/c1-19(2)26(29)23-13-11-20(12-14-23)15-21(7-4-5-10-25(28)30-3)17-31-18-22-8-6-9-24(27)16-22/h6,8-9,11-14,16,19,21H,4-5,7,10,15,17-18H2,1-3H3. The lowest BCUT2D eigenvalue weighted by Crippen LogP contribution is -2.14. The van der Waals surface area contributed by atoms with Crippen LogP contribution >= 0.6 is 0 Å². The largest absolute Gasteiger partial charge is 0.469 e. The van der Waals surface area contributed by atoms with E-state index in [1.807, 2.05) is 44.2 Å². The molecule has 168 valence electrons. The normalized spacial score (nSPS) is 12.0. The molecule has 0 saturated carbocycles. The third-order valence-corrected chi connectivity index (χ3v) is 5.27. The number of methoxy groups -OCH3 is 1. The first kappa shape index (κ1) is 24.7. The van der Waals surface area contributed by atoms with E-state index in [2.05, 4.69) is 0 Å². The van der Waals surface area contributed by atoms with E-state index in [0.29, 0.717) is 19.6 Å². The summed E-state index contributed by atoms with van der Waals surface area (Å²) in [7, 11) is 1.40. The maximum absolute atomic E-state index is 13.4. The number of carbonyl (C=O) groups is 2. The molecule has 0 aliphatic heterocycles. The first-order chi connectivity index (χ1) is 14.9. The van der Waals surface area contributed by atoms with Crippen molar-refractivity contribution < 1.29 is 23.5 Å². The summed E-state index contributed by atoms with van der Waals surface area (Å²) in [6.45, 7) is 4.70. The number of halogens is 1. The van der Waals surface area contributed by atoms with Crippen molar-refractivity contribution in [2.45, 2.75) is 52.6 Å². The first-order valence-electron chi connectivity index (χ1n) is 10.9. The summed E-state index contributed by atoms with van der Waals surface area (Å²) in [5.74, 6) is -0.0763. The van der Waals surface area contributed by atoms with E-state index in [9.17, 15) is 14.0 Å².